The summed E-state index contributed by atoms with van der Waals surface area (Å²) in [6.07, 6.45) is 20.0. The van der Waals surface area contributed by atoms with Gasteiger partial charge in [0.15, 0.2) is 5.82 Å². The molecule has 3 aliphatic carbocycles. The van der Waals surface area contributed by atoms with Gasteiger partial charge in [-0.2, -0.15) is 19.4 Å². The predicted octanol–water partition coefficient (Wildman–Crippen LogP) is 3.95. The highest BCUT2D eigenvalue weighted by atomic mass is 32.2. The average molecular weight is 579 g/mol. The van der Waals surface area contributed by atoms with Crippen LogP contribution in [0.2, 0.25) is 0 Å². The molecule has 0 spiro atoms. The Morgan fingerprint density at radius 1 is 0.786 bits per heavy atom. The fourth-order valence-electron chi connectivity index (χ4n) is 4.73. The lowest BCUT2D eigenvalue weighted by atomic mass is 10.1. The second-order valence-electron chi connectivity index (χ2n) is 11.0. The maximum absolute atomic E-state index is 12.5. The smallest absolute Gasteiger partial charge is 0.256 e. The summed E-state index contributed by atoms with van der Waals surface area (Å²) in [5.74, 6) is 8.01. The third-order valence-electron chi connectivity index (χ3n) is 7.54. The van der Waals surface area contributed by atoms with E-state index in [0.717, 1.165) is 52.0 Å². The fraction of sp³-hybridized carbons (Fsp3) is 0.310. The van der Waals surface area contributed by atoms with Crippen LogP contribution in [0.1, 0.15) is 61.7 Å². The maximum atomic E-state index is 12.5. The fourth-order valence-corrected chi connectivity index (χ4v) is 6.21. The van der Waals surface area contributed by atoms with Gasteiger partial charge in [0, 0.05) is 41.5 Å². The highest BCUT2D eigenvalue weighted by Gasteiger charge is 2.37. The van der Waals surface area contributed by atoms with Crippen molar-refractivity contribution >= 4 is 21.7 Å². The summed E-state index contributed by atoms with van der Waals surface area (Å²) < 4.78 is 30.1. The van der Waals surface area contributed by atoms with Gasteiger partial charge in [-0.05, 0) is 50.7 Å². The number of pyridine rings is 1. The summed E-state index contributed by atoms with van der Waals surface area (Å²) in [5, 5.41) is 15.9. The third-order valence-corrected chi connectivity index (χ3v) is 9.57. The molecule has 3 saturated carbocycles. The normalized spacial score (nSPS) is 16.7. The van der Waals surface area contributed by atoms with Crippen LogP contribution >= 0.6 is 0 Å². The van der Waals surface area contributed by atoms with E-state index in [-0.39, 0.29) is 5.25 Å². The Morgan fingerprint density at radius 2 is 1.55 bits per heavy atom. The van der Waals surface area contributed by atoms with Crippen LogP contribution in [0, 0.1) is 11.8 Å². The number of anilines is 2. The van der Waals surface area contributed by atoms with Crippen LogP contribution in [-0.2, 0) is 10.0 Å². The predicted molar refractivity (Wildman–Crippen MR) is 154 cm³/mol. The summed E-state index contributed by atoms with van der Waals surface area (Å²) in [4.78, 5) is 13.6. The van der Waals surface area contributed by atoms with Crippen molar-refractivity contribution in [2.75, 3.05) is 5.32 Å². The van der Waals surface area contributed by atoms with E-state index in [0.29, 0.717) is 47.9 Å². The Kier molecular flexibility index (Phi) is 5.71. The van der Waals surface area contributed by atoms with Crippen molar-refractivity contribution in [1.29, 1.82) is 0 Å². The van der Waals surface area contributed by atoms with Gasteiger partial charge in [0.2, 0.25) is 0 Å². The number of nitrogens with one attached hydrogen (secondary N) is 1. The van der Waals surface area contributed by atoms with E-state index in [1.165, 1.54) is 12.4 Å². The van der Waals surface area contributed by atoms with Gasteiger partial charge < -0.3 is 5.32 Å². The van der Waals surface area contributed by atoms with E-state index in [9.17, 15) is 8.42 Å². The minimum atomic E-state index is -3.47. The maximum Gasteiger partial charge on any atom is 0.256 e. The summed E-state index contributed by atoms with van der Waals surface area (Å²) in [5.41, 5.74) is 4.01. The first-order chi connectivity index (χ1) is 20.5. The summed E-state index contributed by atoms with van der Waals surface area (Å²) in [7, 11) is -3.47. The van der Waals surface area contributed by atoms with Crippen molar-refractivity contribution in [2.45, 2.75) is 55.9 Å². The van der Waals surface area contributed by atoms with Crippen LogP contribution in [0.25, 0.3) is 22.5 Å². The molecule has 0 saturated heterocycles. The lowest BCUT2D eigenvalue weighted by Gasteiger charge is -2.08. The van der Waals surface area contributed by atoms with Crippen molar-refractivity contribution < 1.29 is 8.42 Å². The number of hydrogen-bond acceptors (Lipinski definition) is 9. The number of nitrogens with zero attached hydrogens (tertiary/aromatic N) is 9. The second kappa shape index (κ2) is 9.63. The largest absolute Gasteiger partial charge is 0.325 e. The van der Waals surface area contributed by atoms with E-state index in [2.05, 4.69) is 53.6 Å². The van der Waals surface area contributed by atoms with Gasteiger partial charge in [0.1, 0.15) is 11.6 Å². The molecule has 0 amide bonds. The molecule has 0 aromatic carbocycles. The molecule has 1 N–H and O–H groups in total. The van der Waals surface area contributed by atoms with Gasteiger partial charge in [-0.25, -0.2) is 23.4 Å². The van der Waals surface area contributed by atoms with E-state index < -0.39 is 10.0 Å². The number of hydrogen-bond donors (Lipinski definition) is 1. The van der Waals surface area contributed by atoms with Crippen LogP contribution in [0.4, 0.5) is 11.6 Å². The van der Waals surface area contributed by atoms with Gasteiger partial charge >= 0.3 is 0 Å². The molecule has 0 atom stereocenters. The van der Waals surface area contributed by atoms with Crippen molar-refractivity contribution in [3.63, 3.8) is 0 Å². The standard InChI is InChI=1S/C29H26N10O2S/c40-42(41,25-7-8-25)39-18-22(14-34-39)29-30-10-9-27(36-29)35-28-11-20(2-1-19-12-32-37(16-19)23-3-4-23)26(15-31-28)21-13-33-38(17-21)24-5-6-24/h9-18,23-25H,3-8H2,(H,30,31,35,36). The highest BCUT2D eigenvalue weighted by Crippen LogP contribution is 2.36. The van der Waals surface area contributed by atoms with Crippen LogP contribution < -0.4 is 5.32 Å². The molecule has 12 nitrogen and oxygen atoms in total. The van der Waals surface area contributed by atoms with Gasteiger partial charge in [-0.1, -0.05) is 11.8 Å². The van der Waals surface area contributed by atoms with Crippen molar-refractivity contribution in [3.8, 4) is 34.4 Å². The van der Waals surface area contributed by atoms with Gasteiger partial charge in [-0.3, -0.25) is 9.36 Å². The molecule has 0 radical (unpaired) electrons. The molecule has 0 bridgehead atoms. The summed E-state index contributed by atoms with van der Waals surface area (Å²) in [6, 6.07) is 4.59. The zero-order valence-electron chi connectivity index (χ0n) is 22.5. The molecule has 13 heteroatoms. The summed E-state index contributed by atoms with van der Waals surface area (Å²) >= 11 is 0. The SMILES string of the molecule is O=S(=O)(C1CC1)n1cc(-c2nccc(Nc3cc(C#Cc4cnn(C5CC5)c4)c(-c4cnn(C5CC5)c4)cn3)n2)cn1. The van der Waals surface area contributed by atoms with E-state index in [1.54, 1.807) is 24.7 Å². The minimum Gasteiger partial charge on any atom is -0.325 e. The molecule has 3 aliphatic rings. The molecular formula is C29H26N10O2S. The van der Waals surface area contributed by atoms with E-state index in [1.807, 2.05) is 27.8 Å². The zero-order chi connectivity index (χ0) is 28.3. The number of aromatic nitrogens is 9. The molecule has 5 aromatic rings. The van der Waals surface area contributed by atoms with Crippen molar-refractivity contribution in [1.82, 2.24) is 43.7 Å². The molecule has 3 fully saturated rings. The topological polar surface area (TPSA) is 138 Å². The number of rotatable bonds is 8. The Morgan fingerprint density at radius 3 is 2.33 bits per heavy atom. The lowest BCUT2D eigenvalue weighted by molar-refractivity contribution is 0.578. The monoisotopic (exact) mass is 578 g/mol. The Balaban J connectivity index is 1.09. The first-order valence-electron chi connectivity index (χ1n) is 14.0. The first kappa shape index (κ1) is 24.9. The van der Waals surface area contributed by atoms with Gasteiger partial charge in [-0.15, -0.1) is 0 Å². The highest BCUT2D eigenvalue weighted by molar-refractivity contribution is 7.90. The van der Waals surface area contributed by atoms with E-state index >= 15 is 0 Å². The van der Waals surface area contributed by atoms with Crippen LogP contribution in [0.3, 0.4) is 0 Å². The Hall–Kier alpha value is -4.83. The Labute approximate surface area is 241 Å². The molecule has 210 valence electrons. The molecule has 42 heavy (non-hydrogen) atoms. The molecule has 8 rings (SSSR count). The van der Waals surface area contributed by atoms with Gasteiger partial charge in [0.05, 0.1) is 53.2 Å². The quantitative estimate of drug-likeness (QED) is 0.271. The lowest BCUT2D eigenvalue weighted by Crippen LogP contribution is -2.17. The van der Waals surface area contributed by atoms with E-state index in [4.69, 9.17) is 0 Å². The molecule has 0 aliphatic heterocycles. The van der Waals surface area contributed by atoms with Crippen molar-refractivity contribution in [2.24, 2.45) is 0 Å². The molecule has 0 unspecified atom stereocenters. The average Bonchev–Trinajstić information content (AvgIpc) is 3.97. The third kappa shape index (κ3) is 4.94. The van der Waals surface area contributed by atoms with Crippen LogP contribution in [0.15, 0.2) is 61.7 Å². The van der Waals surface area contributed by atoms with Crippen LogP contribution in [-0.4, -0.2) is 57.4 Å². The van der Waals surface area contributed by atoms with Gasteiger partial charge in [0.25, 0.3) is 10.0 Å². The Bertz CT molecular complexity index is 1980. The molecule has 5 heterocycles. The molecule has 5 aromatic heterocycles. The van der Waals surface area contributed by atoms with Crippen molar-refractivity contribution in [3.05, 3.63) is 72.8 Å². The minimum absolute atomic E-state index is 0.356. The summed E-state index contributed by atoms with van der Waals surface area (Å²) in [6.45, 7) is 0. The molecular weight excluding hydrogens is 552 g/mol. The van der Waals surface area contributed by atoms with Crippen LogP contribution in [0.5, 0.6) is 0 Å². The second-order valence-corrected chi connectivity index (χ2v) is 13.1. The zero-order valence-corrected chi connectivity index (χ0v) is 23.3. The first-order valence-corrected chi connectivity index (χ1v) is 15.5.